The number of nitrogens with one attached hydrogen (secondary N) is 2. The van der Waals surface area contributed by atoms with E-state index in [0.717, 1.165) is 25.7 Å². The second-order valence-corrected chi connectivity index (χ2v) is 12.8. The molecule has 4 bridgehead atoms. The normalized spacial score (nSPS) is 40.4. The molecule has 6 unspecified atom stereocenters. The Hall–Kier alpha value is -1.91. The molecule has 0 saturated heterocycles. The van der Waals surface area contributed by atoms with Gasteiger partial charge in [-0.3, -0.25) is 14.6 Å². The van der Waals surface area contributed by atoms with Crippen molar-refractivity contribution < 1.29 is 9.59 Å². The molecule has 32 heavy (non-hydrogen) atoms. The maximum atomic E-state index is 13.2. The minimum atomic E-state index is 0.0331. The molecule has 2 amide bonds. The Kier molecular flexibility index (Phi) is 4.66. The van der Waals surface area contributed by atoms with Crippen LogP contribution in [0.5, 0.6) is 0 Å². The Balaban J connectivity index is 1.27. The third-order valence-corrected chi connectivity index (χ3v) is 11.5. The van der Waals surface area contributed by atoms with Crippen molar-refractivity contribution >= 4 is 23.2 Å². The van der Waals surface area contributed by atoms with Gasteiger partial charge in [0.05, 0.1) is 23.8 Å². The zero-order valence-corrected chi connectivity index (χ0v) is 20.5. The Bertz CT molecular complexity index is 896. The lowest BCUT2D eigenvalue weighted by Crippen LogP contribution is -2.39. The number of carbonyl (C=O) groups is 2. The van der Waals surface area contributed by atoms with Crippen LogP contribution in [0.2, 0.25) is 0 Å². The Labute approximate surface area is 192 Å². The first-order chi connectivity index (χ1) is 14.9. The fourth-order valence-electron chi connectivity index (χ4n) is 8.24. The molecule has 0 aromatic carbocycles. The Morgan fingerprint density at radius 3 is 1.50 bits per heavy atom. The lowest BCUT2D eigenvalue weighted by Gasteiger charge is -2.38. The van der Waals surface area contributed by atoms with Crippen molar-refractivity contribution in [1.29, 1.82) is 0 Å². The molecule has 5 nitrogen and oxygen atoms in total. The maximum Gasteiger partial charge on any atom is 0.228 e. The van der Waals surface area contributed by atoms with Gasteiger partial charge >= 0.3 is 0 Å². The second-order valence-electron chi connectivity index (χ2n) is 12.8. The van der Waals surface area contributed by atoms with Crippen molar-refractivity contribution in [2.75, 3.05) is 10.6 Å². The molecule has 0 radical (unpaired) electrons. The Morgan fingerprint density at radius 2 is 1.19 bits per heavy atom. The zero-order valence-electron chi connectivity index (χ0n) is 20.5. The molecule has 2 N–H and O–H groups in total. The summed E-state index contributed by atoms with van der Waals surface area (Å²) < 4.78 is 0. The van der Waals surface area contributed by atoms with Crippen LogP contribution in [0.15, 0.2) is 18.5 Å². The fourth-order valence-corrected chi connectivity index (χ4v) is 8.24. The summed E-state index contributed by atoms with van der Waals surface area (Å²) in [6.07, 6.45) is 9.99. The highest BCUT2D eigenvalue weighted by Crippen LogP contribution is 2.69. The zero-order chi connectivity index (χ0) is 23.1. The summed E-state index contributed by atoms with van der Waals surface area (Å²) in [6, 6.07) is 1.85. The third-order valence-electron chi connectivity index (χ3n) is 11.5. The SMILES string of the molecule is CC1(C)C2CCC1(C)C(C(=O)Nc1cncc(NC(=O)C3CC4CCC3(C)C4(C)C)c1)C2. The highest BCUT2D eigenvalue weighted by atomic mass is 16.2. The fraction of sp³-hybridized carbons (Fsp3) is 0.741. The van der Waals surface area contributed by atoms with E-state index in [1.54, 1.807) is 12.4 Å². The quantitative estimate of drug-likeness (QED) is 0.617. The molecule has 6 atom stereocenters. The predicted octanol–water partition coefficient (Wildman–Crippen LogP) is 5.88. The summed E-state index contributed by atoms with van der Waals surface area (Å²) in [4.78, 5) is 30.7. The van der Waals surface area contributed by atoms with Gasteiger partial charge in [0.1, 0.15) is 0 Å². The maximum absolute atomic E-state index is 13.2. The number of hydrogen-bond donors (Lipinski definition) is 2. The second kappa shape index (κ2) is 6.80. The molecule has 1 heterocycles. The van der Waals surface area contributed by atoms with Crippen molar-refractivity contribution in [3.05, 3.63) is 18.5 Å². The van der Waals surface area contributed by atoms with Crippen molar-refractivity contribution in [1.82, 2.24) is 4.98 Å². The molecule has 5 heteroatoms. The summed E-state index contributed by atoms with van der Waals surface area (Å²) in [6.45, 7) is 13.9. The summed E-state index contributed by atoms with van der Waals surface area (Å²) in [5, 5.41) is 6.22. The van der Waals surface area contributed by atoms with Gasteiger partial charge in [0.15, 0.2) is 0 Å². The predicted molar refractivity (Wildman–Crippen MR) is 127 cm³/mol. The van der Waals surface area contributed by atoms with Gasteiger partial charge in [-0.1, -0.05) is 41.5 Å². The molecule has 4 fully saturated rings. The molecule has 4 aliphatic rings. The van der Waals surface area contributed by atoms with Crippen molar-refractivity contribution in [2.24, 2.45) is 45.3 Å². The number of fused-ring (bicyclic) bond motifs is 4. The van der Waals surface area contributed by atoms with Crippen LogP contribution in [0, 0.1) is 45.3 Å². The van der Waals surface area contributed by atoms with Gasteiger partial charge in [-0.25, -0.2) is 0 Å². The van der Waals surface area contributed by atoms with Gasteiger partial charge in [0.25, 0.3) is 0 Å². The van der Waals surface area contributed by atoms with Gasteiger partial charge in [0.2, 0.25) is 11.8 Å². The van der Waals surface area contributed by atoms with Crippen LogP contribution < -0.4 is 10.6 Å². The highest BCUT2D eigenvalue weighted by Gasteiger charge is 2.64. The van der Waals surface area contributed by atoms with E-state index < -0.39 is 0 Å². The molecule has 1 aromatic heterocycles. The van der Waals surface area contributed by atoms with E-state index in [1.807, 2.05) is 6.07 Å². The van der Waals surface area contributed by atoms with Gasteiger partial charge in [-0.15, -0.1) is 0 Å². The summed E-state index contributed by atoms with van der Waals surface area (Å²) in [5.74, 6) is 1.50. The first kappa shape index (κ1) is 21.9. The average molecular weight is 438 g/mol. The first-order valence-electron chi connectivity index (χ1n) is 12.5. The van der Waals surface area contributed by atoms with Crippen LogP contribution in [-0.4, -0.2) is 16.8 Å². The van der Waals surface area contributed by atoms with E-state index >= 15 is 0 Å². The van der Waals surface area contributed by atoms with E-state index in [2.05, 4.69) is 57.2 Å². The van der Waals surface area contributed by atoms with Crippen LogP contribution in [0.25, 0.3) is 0 Å². The van der Waals surface area contributed by atoms with Crippen LogP contribution in [-0.2, 0) is 9.59 Å². The van der Waals surface area contributed by atoms with Crippen molar-refractivity contribution in [2.45, 2.75) is 80.1 Å². The molecule has 0 spiro atoms. The van der Waals surface area contributed by atoms with Crippen molar-refractivity contribution in [3.63, 3.8) is 0 Å². The molecule has 4 aliphatic carbocycles. The average Bonchev–Trinajstić information content (AvgIpc) is 3.25. The van der Waals surface area contributed by atoms with Gasteiger partial charge < -0.3 is 10.6 Å². The number of carbonyl (C=O) groups excluding carboxylic acids is 2. The lowest BCUT2D eigenvalue weighted by molar-refractivity contribution is -0.125. The number of amides is 2. The minimum absolute atomic E-state index is 0.0331. The molecule has 0 aliphatic heterocycles. The summed E-state index contributed by atoms with van der Waals surface area (Å²) >= 11 is 0. The highest BCUT2D eigenvalue weighted by molar-refractivity contribution is 5.96. The van der Waals surface area contributed by atoms with Crippen molar-refractivity contribution in [3.8, 4) is 0 Å². The van der Waals surface area contributed by atoms with Gasteiger partial charge in [-0.2, -0.15) is 0 Å². The molecule has 5 rings (SSSR count). The summed E-state index contributed by atoms with van der Waals surface area (Å²) in [7, 11) is 0. The third kappa shape index (κ3) is 2.78. The van der Waals surface area contributed by atoms with E-state index in [4.69, 9.17) is 0 Å². The number of pyridine rings is 1. The smallest absolute Gasteiger partial charge is 0.228 e. The minimum Gasteiger partial charge on any atom is -0.324 e. The van der Waals surface area contributed by atoms with Gasteiger partial charge in [-0.05, 0) is 78.1 Å². The van der Waals surface area contributed by atoms with Crippen LogP contribution in [0.4, 0.5) is 11.4 Å². The number of anilines is 2. The number of rotatable bonds is 4. The lowest BCUT2D eigenvalue weighted by atomic mass is 9.66. The topological polar surface area (TPSA) is 71.1 Å². The Morgan fingerprint density at radius 1 is 0.781 bits per heavy atom. The summed E-state index contributed by atoms with van der Waals surface area (Å²) in [5.41, 5.74) is 1.82. The standard InChI is InChI=1S/C27H39N3O2/c1-24(2)16-7-9-26(24,5)20(11-16)22(31)29-18-13-19(15-28-14-18)30-23(32)21-12-17-8-10-27(21,6)25(17,3)4/h13-17,20-21H,7-12H2,1-6H3,(H,29,31)(H,30,32). The van der Waals surface area contributed by atoms with Crippen LogP contribution in [0.3, 0.4) is 0 Å². The number of nitrogens with zero attached hydrogens (tertiary/aromatic N) is 1. The molecular weight excluding hydrogens is 398 g/mol. The number of aromatic nitrogens is 1. The van der Waals surface area contributed by atoms with Crippen LogP contribution in [0.1, 0.15) is 80.1 Å². The van der Waals surface area contributed by atoms with Gasteiger partial charge in [0, 0.05) is 11.8 Å². The largest absolute Gasteiger partial charge is 0.324 e. The van der Waals surface area contributed by atoms with Crippen LogP contribution >= 0.6 is 0 Å². The molecule has 174 valence electrons. The molecule has 4 saturated carbocycles. The monoisotopic (exact) mass is 437 g/mol. The first-order valence-corrected chi connectivity index (χ1v) is 12.5. The molecule has 1 aromatic rings. The van der Waals surface area contributed by atoms with E-state index in [9.17, 15) is 9.59 Å². The number of hydrogen-bond acceptors (Lipinski definition) is 3. The van der Waals surface area contributed by atoms with E-state index in [-0.39, 0.29) is 45.3 Å². The van der Waals surface area contributed by atoms with E-state index in [1.165, 1.54) is 12.8 Å². The molecular formula is C27H39N3O2. The van der Waals surface area contributed by atoms with E-state index in [0.29, 0.717) is 23.2 Å².